The molecule has 2 nitrogen and oxygen atoms in total. The van der Waals surface area contributed by atoms with Crippen LogP contribution in [0, 0.1) is 12.8 Å². The van der Waals surface area contributed by atoms with Gasteiger partial charge in [-0.05, 0) is 31.0 Å². The van der Waals surface area contributed by atoms with Gasteiger partial charge in [0.2, 0.25) is 0 Å². The van der Waals surface area contributed by atoms with E-state index in [0.717, 1.165) is 23.0 Å². The van der Waals surface area contributed by atoms with Crippen molar-refractivity contribution in [3.8, 4) is 0 Å². The maximum Gasteiger partial charge on any atom is 0.0907 e. The smallest absolute Gasteiger partial charge is 0.0907 e. The zero-order valence-corrected chi connectivity index (χ0v) is 10.9. The van der Waals surface area contributed by atoms with Crippen molar-refractivity contribution < 1.29 is 0 Å². The normalized spacial score (nSPS) is 12.9. The third kappa shape index (κ3) is 2.53. The first kappa shape index (κ1) is 11.4. The number of aromatic nitrogens is 1. The van der Waals surface area contributed by atoms with Crippen molar-refractivity contribution in [2.75, 3.05) is 11.9 Å². The summed E-state index contributed by atoms with van der Waals surface area (Å²) in [6.07, 6.45) is 1.22. The highest BCUT2D eigenvalue weighted by molar-refractivity contribution is 7.18. The molecular formula is C13H18N2S. The summed E-state index contributed by atoms with van der Waals surface area (Å²) in [5, 5.41) is 4.61. The predicted molar refractivity (Wildman–Crippen MR) is 72.3 cm³/mol. The molecule has 1 aromatic heterocycles. The Morgan fingerprint density at radius 3 is 3.00 bits per heavy atom. The van der Waals surface area contributed by atoms with Gasteiger partial charge in [-0.3, -0.25) is 0 Å². The first-order valence-electron chi connectivity index (χ1n) is 5.80. The summed E-state index contributed by atoms with van der Waals surface area (Å²) in [6.45, 7) is 7.58. The van der Waals surface area contributed by atoms with Gasteiger partial charge in [0.05, 0.1) is 15.2 Å². The number of aryl methyl sites for hydroxylation is 1. The molecule has 0 fully saturated rings. The monoisotopic (exact) mass is 234 g/mol. The van der Waals surface area contributed by atoms with Gasteiger partial charge >= 0.3 is 0 Å². The molecule has 16 heavy (non-hydrogen) atoms. The Morgan fingerprint density at radius 1 is 1.44 bits per heavy atom. The molecule has 0 saturated heterocycles. The molecule has 0 aliphatic rings. The third-order valence-electron chi connectivity index (χ3n) is 2.85. The molecule has 2 rings (SSSR count). The van der Waals surface area contributed by atoms with Crippen LogP contribution in [0.4, 0.5) is 5.69 Å². The van der Waals surface area contributed by atoms with E-state index in [4.69, 9.17) is 0 Å². The van der Waals surface area contributed by atoms with Gasteiger partial charge in [0, 0.05) is 12.2 Å². The maximum absolute atomic E-state index is 4.46. The molecule has 0 radical (unpaired) electrons. The van der Waals surface area contributed by atoms with Crippen molar-refractivity contribution in [3.05, 3.63) is 23.2 Å². The van der Waals surface area contributed by atoms with Gasteiger partial charge in [-0.2, -0.15) is 0 Å². The molecule has 2 aromatic rings. The molecular weight excluding hydrogens is 216 g/mol. The van der Waals surface area contributed by atoms with Crippen molar-refractivity contribution in [3.63, 3.8) is 0 Å². The number of hydrogen-bond donors (Lipinski definition) is 1. The predicted octanol–water partition coefficient (Wildman–Crippen LogP) is 4.06. The van der Waals surface area contributed by atoms with Crippen molar-refractivity contribution >= 4 is 27.2 Å². The van der Waals surface area contributed by atoms with Gasteiger partial charge in [-0.1, -0.05) is 20.3 Å². The molecule has 1 heterocycles. The fraction of sp³-hybridized carbons (Fsp3) is 0.462. The molecule has 0 saturated carbocycles. The van der Waals surface area contributed by atoms with Crippen LogP contribution in [-0.4, -0.2) is 11.5 Å². The number of nitrogens with one attached hydrogen (secondary N) is 1. The van der Waals surface area contributed by atoms with Crippen LogP contribution in [0.5, 0.6) is 0 Å². The number of fused-ring (bicyclic) bond motifs is 1. The molecule has 0 aliphatic heterocycles. The summed E-state index contributed by atoms with van der Waals surface area (Å²) >= 11 is 1.76. The van der Waals surface area contributed by atoms with Gasteiger partial charge < -0.3 is 5.32 Å². The van der Waals surface area contributed by atoms with Gasteiger partial charge in [0.15, 0.2) is 0 Å². The summed E-state index contributed by atoms with van der Waals surface area (Å²) in [5.74, 6) is 0.721. The summed E-state index contributed by atoms with van der Waals surface area (Å²) in [5.41, 5.74) is 2.31. The summed E-state index contributed by atoms with van der Waals surface area (Å²) in [7, 11) is 0. The number of thiazole rings is 1. The Bertz CT molecular complexity index is 476. The van der Waals surface area contributed by atoms with E-state index in [2.05, 4.69) is 49.3 Å². The molecule has 1 aromatic carbocycles. The van der Waals surface area contributed by atoms with Crippen LogP contribution in [-0.2, 0) is 0 Å². The SMILES string of the molecule is CCC(C)CNc1ccc2nc(C)sc2c1. The summed E-state index contributed by atoms with van der Waals surface area (Å²) in [4.78, 5) is 4.46. The van der Waals surface area contributed by atoms with Gasteiger partial charge in [-0.15, -0.1) is 11.3 Å². The first-order chi connectivity index (χ1) is 7.69. The van der Waals surface area contributed by atoms with Crippen molar-refractivity contribution in [2.24, 2.45) is 5.92 Å². The highest BCUT2D eigenvalue weighted by Gasteiger charge is 2.02. The number of nitrogens with zero attached hydrogens (tertiary/aromatic N) is 1. The van der Waals surface area contributed by atoms with Crippen LogP contribution >= 0.6 is 11.3 Å². The molecule has 1 N–H and O–H groups in total. The average molecular weight is 234 g/mol. The molecule has 0 spiro atoms. The molecule has 1 unspecified atom stereocenters. The second kappa shape index (κ2) is 4.83. The topological polar surface area (TPSA) is 24.9 Å². The fourth-order valence-corrected chi connectivity index (χ4v) is 2.45. The van der Waals surface area contributed by atoms with E-state index in [0.29, 0.717) is 0 Å². The van der Waals surface area contributed by atoms with Crippen molar-refractivity contribution in [1.82, 2.24) is 4.98 Å². The summed E-state index contributed by atoms with van der Waals surface area (Å²) < 4.78 is 1.27. The largest absolute Gasteiger partial charge is 0.385 e. The van der Waals surface area contributed by atoms with E-state index in [1.165, 1.54) is 16.8 Å². The first-order valence-corrected chi connectivity index (χ1v) is 6.61. The lowest BCUT2D eigenvalue weighted by molar-refractivity contribution is 0.593. The van der Waals surface area contributed by atoms with Crippen LogP contribution in [0.3, 0.4) is 0 Å². The Morgan fingerprint density at radius 2 is 2.25 bits per heavy atom. The van der Waals surface area contributed by atoms with Gasteiger partial charge in [-0.25, -0.2) is 4.98 Å². The lowest BCUT2D eigenvalue weighted by atomic mass is 10.1. The second-order valence-electron chi connectivity index (χ2n) is 4.31. The summed E-state index contributed by atoms with van der Waals surface area (Å²) in [6, 6.07) is 6.41. The fourth-order valence-electron chi connectivity index (χ4n) is 1.59. The van der Waals surface area contributed by atoms with E-state index in [1.54, 1.807) is 11.3 Å². The quantitative estimate of drug-likeness (QED) is 0.862. The molecule has 0 amide bonds. The minimum absolute atomic E-state index is 0.721. The molecule has 86 valence electrons. The number of anilines is 1. The lowest BCUT2D eigenvalue weighted by Crippen LogP contribution is -2.09. The molecule has 0 aliphatic carbocycles. The Balaban J connectivity index is 2.13. The highest BCUT2D eigenvalue weighted by atomic mass is 32.1. The maximum atomic E-state index is 4.46. The van der Waals surface area contributed by atoms with Crippen LogP contribution in [0.1, 0.15) is 25.3 Å². The van der Waals surface area contributed by atoms with Gasteiger partial charge in [0.25, 0.3) is 0 Å². The highest BCUT2D eigenvalue weighted by Crippen LogP contribution is 2.24. The van der Waals surface area contributed by atoms with Crippen molar-refractivity contribution in [2.45, 2.75) is 27.2 Å². The van der Waals surface area contributed by atoms with Crippen molar-refractivity contribution in [1.29, 1.82) is 0 Å². The van der Waals surface area contributed by atoms with E-state index in [1.807, 2.05) is 0 Å². The molecule has 1 atom stereocenters. The van der Waals surface area contributed by atoms with E-state index in [9.17, 15) is 0 Å². The van der Waals surface area contributed by atoms with Crippen LogP contribution in [0.2, 0.25) is 0 Å². The Hall–Kier alpha value is -1.09. The third-order valence-corrected chi connectivity index (χ3v) is 3.78. The Labute approximate surface area is 101 Å². The molecule has 0 bridgehead atoms. The standard InChI is InChI=1S/C13H18N2S/c1-4-9(2)8-14-11-5-6-12-13(7-11)16-10(3)15-12/h5-7,9,14H,4,8H2,1-3H3. The minimum Gasteiger partial charge on any atom is -0.385 e. The zero-order chi connectivity index (χ0) is 11.5. The van der Waals surface area contributed by atoms with E-state index in [-0.39, 0.29) is 0 Å². The Kier molecular flexibility index (Phi) is 3.44. The van der Waals surface area contributed by atoms with Crippen LogP contribution in [0.25, 0.3) is 10.2 Å². The van der Waals surface area contributed by atoms with Crippen LogP contribution < -0.4 is 5.32 Å². The number of benzene rings is 1. The van der Waals surface area contributed by atoms with Gasteiger partial charge in [0.1, 0.15) is 0 Å². The molecule has 3 heteroatoms. The minimum atomic E-state index is 0.721. The van der Waals surface area contributed by atoms with E-state index >= 15 is 0 Å². The zero-order valence-electron chi connectivity index (χ0n) is 10.1. The van der Waals surface area contributed by atoms with E-state index < -0.39 is 0 Å². The lowest BCUT2D eigenvalue weighted by Gasteiger charge is -2.10. The number of hydrogen-bond acceptors (Lipinski definition) is 3. The second-order valence-corrected chi connectivity index (χ2v) is 5.54. The van der Waals surface area contributed by atoms with Crippen LogP contribution in [0.15, 0.2) is 18.2 Å². The number of rotatable bonds is 4. The average Bonchev–Trinajstić information content (AvgIpc) is 2.65.